The van der Waals surface area contributed by atoms with Crippen LogP contribution in [0.2, 0.25) is 0 Å². The molecule has 1 N–H and O–H groups in total. The first-order chi connectivity index (χ1) is 6.40. The number of hydrogen-bond donors (Lipinski definition) is 1. The summed E-state index contributed by atoms with van der Waals surface area (Å²) in [5, 5.41) is 1.74. The van der Waals surface area contributed by atoms with Crippen LogP contribution in [0.4, 0.5) is 13.2 Å². The van der Waals surface area contributed by atoms with Gasteiger partial charge in [-0.25, -0.2) is 4.98 Å². The number of carbonyl (C=O) groups is 1. The molecule has 4 nitrogen and oxygen atoms in total. The van der Waals surface area contributed by atoms with E-state index in [-0.39, 0.29) is 5.69 Å². The molecule has 14 heavy (non-hydrogen) atoms. The van der Waals surface area contributed by atoms with E-state index in [0.29, 0.717) is 0 Å². The molecule has 1 rings (SSSR count). The van der Waals surface area contributed by atoms with E-state index in [1.807, 2.05) is 0 Å². The summed E-state index contributed by atoms with van der Waals surface area (Å²) in [6, 6.07) is 0. The average molecular weight is 207 g/mol. The number of aromatic nitrogens is 2. The molecular formula is C7H8F3N3O. The second kappa shape index (κ2) is 3.69. The van der Waals surface area contributed by atoms with Crippen molar-refractivity contribution in [2.75, 3.05) is 6.54 Å². The average Bonchev–Trinajstić information content (AvgIpc) is 2.46. The van der Waals surface area contributed by atoms with Crippen molar-refractivity contribution in [2.45, 2.75) is 6.18 Å². The minimum absolute atomic E-state index is 0.0919. The number of amides is 1. The Balaban J connectivity index is 2.56. The van der Waals surface area contributed by atoms with Gasteiger partial charge in [-0.1, -0.05) is 0 Å². The Labute approximate surface area is 77.7 Å². The van der Waals surface area contributed by atoms with E-state index in [0.717, 1.165) is 0 Å². The molecule has 0 fully saturated rings. The summed E-state index contributed by atoms with van der Waals surface area (Å²) in [5.41, 5.74) is 0.0919. The molecule has 0 aliphatic carbocycles. The fourth-order valence-electron chi connectivity index (χ4n) is 0.847. The standard InChI is InChI=1S/C7H8F3N3O/c1-13-4-11-2-5(13)6(14)12-3-7(8,9)10/h2,4H,3H2,1H3,(H,12,14). The van der Waals surface area contributed by atoms with E-state index in [4.69, 9.17) is 0 Å². The quantitative estimate of drug-likeness (QED) is 0.776. The largest absolute Gasteiger partial charge is 0.405 e. The predicted molar refractivity (Wildman–Crippen MR) is 41.6 cm³/mol. The van der Waals surface area contributed by atoms with Gasteiger partial charge < -0.3 is 9.88 Å². The van der Waals surface area contributed by atoms with Crippen LogP contribution in [0.5, 0.6) is 0 Å². The zero-order chi connectivity index (χ0) is 10.8. The van der Waals surface area contributed by atoms with E-state index >= 15 is 0 Å². The van der Waals surface area contributed by atoms with Gasteiger partial charge in [-0.2, -0.15) is 13.2 Å². The van der Waals surface area contributed by atoms with Crippen molar-refractivity contribution in [2.24, 2.45) is 7.05 Å². The third kappa shape index (κ3) is 2.75. The van der Waals surface area contributed by atoms with E-state index in [9.17, 15) is 18.0 Å². The van der Waals surface area contributed by atoms with Crippen molar-refractivity contribution in [1.29, 1.82) is 0 Å². The monoisotopic (exact) mass is 207 g/mol. The smallest absolute Gasteiger partial charge is 0.342 e. The number of carbonyl (C=O) groups excluding carboxylic acids is 1. The topological polar surface area (TPSA) is 46.9 Å². The molecule has 1 amide bonds. The van der Waals surface area contributed by atoms with Gasteiger partial charge in [-0.05, 0) is 0 Å². The Morgan fingerprint density at radius 2 is 2.29 bits per heavy atom. The van der Waals surface area contributed by atoms with Crippen molar-refractivity contribution in [3.8, 4) is 0 Å². The summed E-state index contributed by atoms with van der Waals surface area (Å²) in [6.07, 6.45) is -1.86. The normalized spacial score (nSPS) is 11.4. The Hall–Kier alpha value is -1.53. The predicted octanol–water partition coefficient (Wildman–Crippen LogP) is 0.712. The Morgan fingerprint density at radius 3 is 2.71 bits per heavy atom. The zero-order valence-corrected chi connectivity index (χ0v) is 7.30. The van der Waals surface area contributed by atoms with Crippen molar-refractivity contribution in [3.63, 3.8) is 0 Å². The second-order valence-electron chi connectivity index (χ2n) is 2.69. The van der Waals surface area contributed by atoms with Crippen molar-refractivity contribution in [1.82, 2.24) is 14.9 Å². The molecule has 1 heterocycles. The van der Waals surface area contributed by atoms with Crippen molar-refractivity contribution < 1.29 is 18.0 Å². The summed E-state index contributed by atoms with van der Waals surface area (Å²) in [4.78, 5) is 14.7. The first kappa shape index (κ1) is 10.6. The number of nitrogens with one attached hydrogen (secondary N) is 1. The van der Waals surface area contributed by atoms with Gasteiger partial charge >= 0.3 is 6.18 Å². The third-order valence-corrected chi connectivity index (χ3v) is 1.50. The molecule has 0 saturated heterocycles. The van der Waals surface area contributed by atoms with Crippen LogP contribution in [0.3, 0.4) is 0 Å². The minimum Gasteiger partial charge on any atom is -0.342 e. The number of rotatable bonds is 2. The number of aryl methyl sites for hydroxylation is 1. The van der Waals surface area contributed by atoms with Gasteiger partial charge in [0.2, 0.25) is 0 Å². The zero-order valence-electron chi connectivity index (χ0n) is 7.30. The molecule has 0 radical (unpaired) electrons. The lowest BCUT2D eigenvalue weighted by molar-refractivity contribution is -0.123. The summed E-state index contributed by atoms with van der Waals surface area (Å²) in [7, 11) is 1.52. The Kier molecular flexibility index (Phi) is 2.78. The highest BCUT2D eigenvalue weighted by Gasteiger charge is 2.28. The van der Waals surface area contributed by atoms with Gasteiger partial charge in [-0.3, -0.25) is 4.79 Å². The minimum atomic E-state index is -4.39. The van der Waals surface area contributed by atoms with Gasteiger partial charge in [0.05, 0.1) is 12.5 Å². The van der Waals surface area contributed by atoms with Crippen LogP contribution >= 0.6 is 0 Å². The van der Waals surface area contributed by atoms with E-state index in [1.54, 1.807) is 5.32 Å². The molecule has 0 bridgehead atoms. The van der Waals surface area contributed by atoms with Crippen LogP contribution in [-0.4, -0.2) is 28.2 Å². The fraction of sp³-hybridized carbons (Fsp3) is 0.429. The Morgan fingerprint density at radius 1 is 1.64 bits per heavy atom. The first-order valence-corrected chi connectivity index (χ1v) is 3.71. The van der Waals surface area contributed by atoms with Crippen LogP contribution in [0.1, 0.15) is 10.5 Å². The molecule has 0 unspecified atom stereocenters. The summed E-state index contributed by atoms with van der Waals surface area (Å²) >= 11 is 0. The van der Waals surface area contributed by atoms with Crippen molar-refractivity contribution >= 4 is 5.91 Å². The maximum Gasteiger partial charge on any atom is 0.405 e. The number of alkyl halides is 3. The van der Waals surface area contributed by atoms with E-state index < -0.39 is 18.6 Å². The van der Waals surface area contributed by atoms with Gasteiger partial charge in [0.1, 0.15) is 12.2 Å². The lowest BCUT2D eigenvalue weighted by atomic mass is 10.4. The van der Waals surface area contributed by atoms with Crippen LogP contribution in [-0.2, 0) is 7.05 Å². The molecule has 1 aromatic rings. The molecule has 0 spiro atoms. The summed E-state index contributed by atoms with van der Waals surface area (Å²) < 4.78 is 36.5. The molecule has 0 saturated carbocycles. The highest BCUT2D eigenvalue weighted by Crippen LogP contribution is 2.12. The molecular weight excluding hydrogens is 199 g/mol. The molecule has 0 aliphatic rings. The number of halogens is 3. The third-order valence-electron chi connectivity index (χ3n) is 1.50. The van der Waals surface area contributed by atoms with Crippen LogP contribution in [0.15, 0.2) is 12.5 Å². The molecule has 0 aliphatic heterocycles. The van der Waals surface area contributed by atoms with E-state index in [1.165, 1.54) is 24.1 Å². The van der Waals surface area contributed by atoms with Gasteiger partial charge in [0, 0.05) is 7.05 Å². The fourth-order valence-corrected chi connectivity index (χ4v) is 0.847. The van der Waals surface area contributed by atoms with Gasteiger partial charge in [0.15, 0.2) is 0 Å². The maximum atomic E-state index is 11.7. The molecule has 0 aromatic carbocycles. The highest BCUT2D eigenvalue weighted by atomic mass is 19.4. The van der Waals surface area contributed by atoms with Crippen molar-refractivity contribution in [3.05, 3.63) is 18.2 Å². The molecule has 7 heteroatoms. The summed E-state index contributed by atoms with van der Waals surface area (Å²) in [5.74, 6) is -0.790. The van der Waals surface area contributed by atoms with Gasteiger partial charge in [0.25, 0.3) is 5.91 Å². The first-order valence-electron chi connectivity index (χ1n) is 3.71. The SMILES string of the molecule is Cn1cncc1C(=O)NCC(F)(F)F. The second-order valence-corrected chi connectivity index (χ2v) is 2.69. The lowest BCUT2D eigenvalue weighted by Gasteiger charge is -2.07. The summed E-state index contributed by atoms with van der Waals surface area (Å²) in [6.45, 7) is -1.34. The van der Waals surface area contributed by atoms with Gasteiger partial charge in [-0.15, -0.1) is 0 Å². The molecule has 78 valence electrons. The lowest BCUT2D eigenvalue weighted by Crippen LogP contribution is -2.34. The molecule has 0 atom stereocenters. The number of nitrogens with zero attached hydrogens (tertiary/aromatic N) is 2. The number of hydrogen-bond acceptors (Lipinski definition) is 2. The highest BCUT2D eigenvalue weighted by molar-refractivity contribution is 5.92. The number of imidazole rings is 1. The molecule has 1 aromatic heterocycles. The Bertz CT molecular complexity index is 331. The maximum absolute atomic E-state index is 11.7. The van der Waals surface area contributed by atoms with Crippen LogP contribution in [0, 0.1) is 0 Å². The van der Waals surface area contributed by atoms with Crippen LogP contribution in [0.25, 0.3) is 0 Å². The van der Waals surface area contributed by atoms with E-state index in [2.05, 4.69) is 4.98 Å². The van der Waals surface area contributed by atoms with Crippen LogP contribution < -0.4 is 5.32 Å².